The van der Waals surface area contributed by atoms with Crippen molar-refractivity contribution in [1.29, 1.82) is 0 Å². The molecule has 1 heterocycles. The third kappa shape index (κ3) is 4.46. The van der Waals surface area contributed by atoms with Crippen LogP contribution in [0.2, 0.25) is 4.34 Å². The minimum Gasteiger partial charge on any atom is -0.325 e. The largest absolute Gasteiger partial charge is 0.418 e. The van der Waals surface area contributed by atoms with E-state index in [2.05, 4.69) is 0 Å². The molecule has 4 nitrogen and oxygen atoms in total. The lowest BCUT2D eigenvalue weighted by molar-refractivity contribution is -0.137. The topological polar surface area (TPSA) is 63.2 Å². The summed E-state index contributed by atoms with van der Waals surface area (Å²) in [6.45, 7) is 0. The monoisotopic (exact) mass is 383 g/mol. The SMILES string of the molecule is O=C(CS(=O)(=O)c1ccc(Cl)s1)Nc1ccccc1C(F)(F)F. The molecular formula is C13H9ClF3NO3S2. The fraction of sp³-hybridized carbons (Fsp3) is 0.154. The van der Waals surface area contributed by atoms with Crippen LogP contribution in [0.3, 0.4) is 0 Å². The molecule has 124 valence electrons. The van der Waals surface area contributed by atoms with Crippen molar-refractivity contribution in [1.82, 2.24) is 0 Å². The molecule has 0 saturated heterocycles. The van der Waals surface area contributed by atoms with Crippen molar-refractivity contribution in [3.8, 4) is 0 Å². The van der Waals surface area contributed by atoms with E-state index in [0.717, 1.165) is 23.5 Å². The van der Waals surface area contributed by atoms with Crippen LogP contribution in [0.4, 0.5) is 18.9 Å². The van der Waals surface area contributed by atoms with Crippen molar-refractivity contribution in [3.05, 3.63) is 46.3 Å². The molecule has 2 rings (SSSR count). The van der Waals surface area contributed by atoms with Crippen molar-refractivity contribution in [2.24, 2.45) is 0 Å². The van der Waals surface area contributed by atoms with Gasteiger partial charge >= 0.3 is 6.18 Å². The molecule has 0 unspecified atom stereocenters. The summed E-state index contributed by atoms with van der Waals surface area (Å²) < 4.78 is 62.6. The van der Waals surface area contributed by atoms with Gasteiger partial charge in [0.05, 0.1) is 15.6 Å². The second-order valence-electron chi connectivity index (χ2n) is 4.41. The van der Waals surface area contributed by atoms with E-state index in [4.69, 9.17) is 11.6 Å². The molecule has 10 heteroatoms. The molecule has 1 aromatic carbocycles. The first-order valence-electron chi connectivity index (χ1n) is 6.04. The predicted octanol–water partition coefficient (Wildman–Crippen LogP) is 3.83. The molecule has 0 aliphatic rings. The smallest absolute Gasteiger partial charge is 0.325 e. The van der Waals surface area contributed by atoms with Gasteiger partial charge in [-0.1, -0.05) is 23.7 Å². The van der Waals surface area contributed by atoms with Gasteiger partial charge in [-0.3, -0.25) is 4.79 Å². The number of hydrogen-bond donors (Lipinski definition) is 1. The molecule has 1 aromatic heterocycles. The van der Waals surface area contributed by atoms with Gasteiger partial charge in [-0.05, 0) is 24.3 Å². The number of hydrogen-bond acceptors (Lipinski definition) is 4. The minimum atomic E-state index is -4.66. The van der Waals surface area contributed by atoms with Crippen molar-refractivity contribution >= 4 is 44.4 Å². The van der Waals surface area contributed by atoms with E-state index < -0.39 is 38.9 Å². The molecule has 0 aliphatic carbocycles. The molecule has 0 fully saturated rings. The molecule has 23 heavy (non-hydrogen) atoms. The molecule has 0 atom stereocenters. The molecule has 0 saturated carbocycles. The van der Waals surface area contributed by atoms with Crippen LogP contribution >= 0.6 is 22.9 Å². The molecule has 2 aromatic rings. The van der Waals surface area contributed by atoms with Crippen LogP contribution in [0.15, 0.2) is 40.6 Å². The Morgan fingerprint density at radius 2 is 1.83 bits per heavy atom. The van der Waals surface area contributed by atoms with Gasteiger partial charge in [0.15, 0.2) is 9.84 Å². The number of carbonyl (C=O) groups is 1. The molecular weight excluding hydrogens is 375 g/mol. The maximum absolute atomic E-state index is 12.8. The second kappa shape index (κ2) is 6.50. The Balaban J connectivity index is 2.18. The third-order valence-corrected chi connectivity index (χ3v) is 6.11. The first kappa shape index (κ1) is 17.8. The third-order valence-electron chi connectivity index (χ3n) is 2.68. The van der Waals surface area contributed by atoms with E-state index in [0.29, 0.717) is 0 Å². The summed E-state index contributed by atoms with van der Waals surface area (Å²) in [5.74, 6) is -2.04. The lowest BCUT2D eigenvalue weighted by Gasteiger charge is -2.13. The van der Waals surface area contributed by atoms with Gasteiger partial charge in [0.2, 0.25) is 5.91 Å². The summed E-state index contributed by atoms with van der Waals surface area (Å²) in [5, 5.41) is 1.98. The number of anilines is 1. The molecule has 0 spiro atoms. The normalized spacial score (nSPS) is 12.2. The highest BCUT2D eigenvalue weighted by molar-refractivity contribution is 7.94. The number of rotatable bonds is 4. The summed E-state index contributed by atoms with van der Waals surface area (Å²) >= 11 is 6.40. The Kier molecular flexibility index (Phi) is 5.02. The second-order valence-corrected chi connectivity index (χ2v) is 8.34. The zero-order valence-electron chi connectivity index (χ0n) is 11.2. The number of amides is 1. The molecule has 0 radical (unpaired) electrons. The van der Waals surface area contributed by atoms with Crippen LogP contribution in [0, 0.1) is 0 Å². The van der Waals surface area contributed by atoms with E-state index >= 15 is 0 Å². The van der Waals surface area contributed by atoms with Gasteiger partial charge in [-0.2, -0.15) is 13.2 Å². The fourth-order valence-electron chi connectivity index (χ4n) is 1.73. The summed E-state index contributed by atoms with van der Waals surface area (Å²) in [4.78, 5) is 11.8. The van der Waals surface area contributed by atoms with Crippen molar-refractivity contribution < 1.29 is 26.4 Å². The van der Waals surface area contributed by atoms with Crippen LogP contribution in [-0.2, 0) is 20.8 Å². The Bertz CT molecular complexity index is 831. The van der Waals surface area contributed by atoms with Gasteiger partial charge in [0, 0.05) is 0 Å². The van der Waals surface area contributed by atoms with E-state index in [1.165, 1.54) is 24.3 Å². The summed E-state index contributed by atoms with van der Waals surface area (Å²) in [7, 11) is -3.97. The molecule has 0 bridgehead atoms. The van der Waals surface area contributed by atoms with Crippen LogP contribution < -0.4 is 5.32 Å². The maximum Gasteiger partial charge on any atom is 0.418 e. The number of sulfone groups is 1. The Morgan fingerprint density at radius 3 is 2.39 bits per heavy atom. The summed E-state index contributed by atoms with van der Waals surface area (Å²) in [6.07, 6.45) is -4.66. The summed E-state index contributed by atoms with van der Waals surface area (Å²) in [6, 6.07) is 6.91. The highest BCUT2D eigenvalue weighted by Gasteiger charge is 2.34. The van der Waals surface area contributed by atoms with Gasteiger partial charge in [0.25, 0.3) is 0 Å². The Labute approximate surface area is 138 Å². The highest BCUT2D eigenvalue weighted by atomic mass is 35.5. The first-order chi connectivity index (χ1) is 10.6. The van der Waals surface area contributed by atoms with E-state index in [1.54, 1.807) is 0 Å². The molecule has 1 amide bonds. The Hall–Kier alpha value is -1.58. The number of carbonyl (C=O) groups excluding carboxylic acids is 1. The quantitative estimate of drug-likeness (QED) is 0.872. The van der Waals surface area contributed by atoms with E-state index in [-0.39, 0.29) is 8.55 Å². The average molecular weight is 384 g/mol. The van der Waals surface area contributed by atoms with Crippen LogP contribution in [-0.4, -0.2) is 20.1 Å². The van der Waals surface area contributed by atoms with Crippen molar-refractivity contribution in [2.45, 2.75) is 10.4 Å². The summed E-state index contributed by atoms with van der Waals surface area (Å²) in [5.41, 5.74) is -1.55. The molecule has 1 N–H and O–H groups in total. The Morgan fingerprint density at radius 1 is 1.17 bits per heavy atom. The van der Waals surface area contributed by atoms with Crippen LogP contribution in [0.1, 0.15) is 5.56 Å². The number of thiophene rings is 1. The van der Waals surface area contributed by atoms with Gasteiger partial charge in [0.1, 0.15) is 9.96 Å². The van der Waals surface area contributed by atoms with Crippen LogP contribution in [0.25, 0.3) is 0 Å². The molecule has 0 aliphatic heterocycles. The first-order valence-corrected chi connectivity index (χ1v) is 8.88. The minimum absolute atomic E-state index is 0.123. The van der Waals surface area contributed by atoms with Crippen LogP contribution in [0.5, 0.6) is 0 Å². The standard InChI is InChI=1S/C13H9ClF3NO3S2/c14-10-5-6-12(22-10)23(20,21)7-11(19)18-9-4-2-1-3-8(9)13(15,16)17/h1-6H,7H2,(H,18,19). The maximum atomic E-state index is 12.8. The van der Waals surface area contributed by atoms with Gasteiger partial charge in [-0.15, -0.1) is 11.3 Å². The van der Waals surface area contributed by atoms with Crippen molar-refractivity contribution in [2.75, 3.05) is 11.1 Å². The highest BCUT2D eigenvalue weighted by Crippen LogP contribution is 2.34. The van der Waals surface area contributed by atoms with Crippen molar-refractivity contribution in [3.63, 3.8) is 0 Å². The van der Waals surface area contributed by atoms with Gasteiger partial charge in [-0.25, -0.2) is 8.42 Å². The van der Waals surface area contributed by atoms with E-state index in [1.807, 2.05) is 5.32 Å². The number of nitrogens with one attached hydrogen (secondary N) is 1. The van der Waals surface area contributed by atoms with Gasteiger partial charge < -0.3 is 5.32 Å². The fourth-order valence-corrected chi connectivity index (χ4v) is 4.44. The zero-order chi connectivity index (χ0) is 17.3. The lowest BCUT2D eigenvalue weighted by atomic mass is 10.1. The number of halogens is 4. The number of benzene rings is 1. The van der Waals surface area contributed by atoms with E-state index in [9.17, 15) is 26.4 Å². The average Bonchev–Trinajstić information content (AvgIpc) is 2.85. The number of para-hydroxylation sites is 1. The zero-order valence-corrected chi connectivity index (χ0v) is 13.6. The number of alkyl halides is 3. The lowest BCUT2D eigenvalue weighted by Crippen LogP contribution is -2.24. The predicted molar refractivity (Wildman–Crippen MR) is 81.5 cm³/mol.